The van der Waals surface area contributed by atoms with Gasteiger partial charge in [-0.3, -0.25) is 9.59 Å². The molecule has 3 rings (SSSR count). The number of amides is 1. The number of carbonyl (C=O) groups is 2. The molecule has 9 heteroatoms. The second-order valence-corrected chi connectivity index (χ2v) is 10.3. The minimum Gasteiger partial charge on any atom is -0.455 e. The highest BCUT2D eigenvalue weighted by molar-refractivity contribution is 7.89. The van der Waals surface area contributed by atoms with Crippen molar-refractivity contribution in [1.82, 2.24) is 9.62 Å². The summed E-state index contributed by atoms with van der Waals surface area (Å²) in [6.45, 7) is 5.55. The minimum atomic E-state index is -3.63. The summed E-state index contributed by atoms with van der Waals surface area (Å²) in [4.78, 5) is 24.6. The number of esters is 1. The van der Waals surface area contributed by atoms with Gasteiger partial charge in [-0.1, -0.05) is 18.2 Å². The fourth-order valence-electron chi connectivity index (χ4n) is 3.61. The number of piperidine rings is 1. The van der Waals surface area contributed by atoms with Crippen molar-refractivity contribution >= 4 is 21.9 Å². The highest BCUT2D eigenvalue weighted by Crippen LogP contribution is 2.25. The predicted octanol–water partition coefficient (Wildman–Crippen LogP) is 3.01. The summed E-state index contributed by atoms with van der Waals surface area (Å²) in [5, 5.41) is 2.59. The number of ether oxygens (including phenoxy) is 1. The Kier molecular flexibility index (Phi) is 7.86. The SMILES string of the molecule is Cc1ccc(S(=O)(=O)N2CCC(C(=O)OCC(=O)NCc3ccc(C)c(F)c3)CC2)cc1C. The molecule has 1 aliphatic heterocycles. The van der Waals surface area contributed by atoms with Crippen molar-refractivity contribution in [1.29, 1.82) is 0 Å². The first-order chi connectivity index (χ1) is 15.6. The van der Waals surface area contributed by atoms with Crippen molar-refractivity contribution in [3.8, 4) is 0 Å². The van der Waals surface area contributed by atoms with E-state index in [0.717, 1.165) is 11.1 Å². The summed E-state index contributed by atoms with van der Waals surface area (Å²) >= 11 is 0. The maximum atomic E-state index is 13.6. The third kappa shape index (κ3) is 6.17. The first-order valence-corrected chi connectivity index (χ1v) is 12.3. The highest BCUT2D eigenvalue weighted by Gasteiger charge is 2.33. The van der Waals surface area contributed by atoms with Gasteiger partial charge >= 0.3 is 5.97 Å². The van der Waals surface area contributed by atoms with Gasteiger partial charge in [-0.25, -0.2) is 12.8 Å². The summed E-state index contributed by atoms with van der Waals surface area (Å²) in [5.41, 5.74) is 3.05. The molecule has 1 saturated heterocycles. The Labute approximate surface area is 194 Å². The smallest absolute Gasteiger partial charge is 0.309 e. The lowest BCUT2D eigenvalue weighted by Crippen LogP contribution is -2.41. The minimum absolute atomic E-state index is 0.127. The van der Waals surface area contributed by atoms with Gasteiger partial charge < -0.3 is 10.1 Å². The molecule has 7 nitrogen and oxygen atoms in total. The van der Waals surface area contributed by atoms with E-state index in [1.54, 1.807) is 37.3 Å². The molecule has 0 atom stereocenters. The van der Waals surface area contributed by atoms with Crippen LogP contribution in [0.1, 0.15) is 35.1 Å². The van der Waals surface area contributed by atoms with Crippen LogP contribution in [0, 0.1) is 32.5 Å². The Hall–Kier alpha value is -2.78. The van der Waals surface area contributed by atoms with Gasteiger partial charge in [0, 0.05) is 19.6 Å². The quantitative estimate of drug-likeness (QED) is 0.620. The molecule has 0 radical (unpaired) electrons. The van der Waals surface area contributed by atoms with Crippen LogP contribution in [0.4, 0.5) is 4.39 Å². The number of nitrogens with one attached hydrogen (secondary N) is 1. The molecule has 1 amide bonds. The van der Waals surface area contributed by atoms with E-state index in [9.17, 15) is 22.4 Å². The second-order valence-electron chi connectivity index (χ2n) is 8.39. The molecule has 0 saturated carbocycles. The molecule has 0 bridgehead atoms. The fourth-order valence-corrected chi connectivity index (χ4v) is 5.16. The van der Waals surface area contributed by atoms with Gasteiger partial charge in [-0.15, -0.1) is 0 Å². The zero-order valence-electron chi connectivity index (χ0n) is 19.1. The zero-order valence-corrected chi connectivity index (χ0v) is 19.9. The molecule has 1 N–H and O–H groups in total. The molecule has 1 heterocycles. The number of aryl methyl sites for hydroxylation is 3. The number of hydrogen-bond acceptors (Lipinski definition) is 5. The normalized spacial score (nSPS) is 15.3. The van der Waals surface area contributed by atoms with Gasteiger partial charge in [0.25, 0.3) is 5.91 Å². The van der Waals surface area contributed by atoms with Crippen LogP contribution in [-0.4, -0.2) is 44.3 Å². The van der Waals surface area contributed by atoms with Gasteiger partial charge in [-0.05, 0) is 74.1 Å². The van der Waals surface area contributed by atoms with E-state index in [2.05, 4.69) is 5.32 Å². The van der Waals surface area contributed by atoms with Crippen molar-refractivity contribution < 1.29 is 27.1 Å². The van der Waals surface area contributed by atoms with E-state index in [0.29, 0.717) is 24.0 Å². The molecule has 2 aromatic rings. The van der Waals surface area contributed by atoms with Crippen LogP contribution in [0.25, 0.3) is 0 Å². The third-order valence-corrected chi connectivity index (χ3v) is 7.87. The Bertz CT molecular complexity index is 1140. The molecule has 0 aliphatic carbocycles. The van der Waals surface area contributed by atoms with Crippen molar-refractivity contribution in [3.05, 3.63) is 64.5 Å². The molecular formula is C24H29FN2O5S. The van der Waals surface area contributed by atoms with Gasteiger partial charge in [-0.2, -0.15) is 4.31 Å². The summed E-state index contributed by atoms with van der Waals surface area (Å²) in [5.74, 6) is -1.82. The van der Waals surface area contributed by atoms with Crippen LogP contribution in [0.5, 0.6) is 0 Å². The summed E-state index contributed by atoms with van der Waals surface area (Å²) in [6, 6.07) is 9.73. The van der Waals surface area contributed by atoms with Crippen LogP contribution < -0.4 is 5.32 Å². The van der Waals surface area contributed by atoms with Crippen LogP contribution in [0.15, 0.2) is 41.3 Å². The summed E-state index contributed by atoms with van der Waals surface area (Å²) in [6.07, 6.45) is 0.653. The first-order valence-electron chi connectivity index (χ1n) is 10.8. The van der Waals surface area contributed by atoms with Gasteiger partial charge in [0.15, 0.2) is 6.61 Å². The Morgan fingerprint density at radius 2 is 1.70 bits per heavy atom. The lowest BCUT2D eigenvalue weighted by molar-refractivity contribution is -0.153. The zero-order chi connectivity index (χ0) is 24.2. The monoisotopic (exact) mass is 476 g/mol. The van der Waals surface area contributed by atoms with Gasteiger partial charge in [0.2, 0.25) is 10.0 Å². The highest BCUT2D eigenvalue weighted by atomic mass is 32.2. The average Bonchev–Trinajstić information content (AvgIpc) is 2.80. The molecule has 1 fully saturated rings. The molecule has 0 unspecified atom stereocenters. The summed E-state index contributed by atoms with van der Waals surface area (Å²) < 4.78 is 45.9. The van der Waals surface area contributed by atoms with Gasteiger partial charge in [0.1, 0.15) is 5.82 Å². The second kappa shape index (κ2) is 10.4. The van der Waals surface area contributed by atoms with Crippen molar-refractivity contribution in [2.45, 2.75) is 45.1 Å². The largest absolute Gasteiger partial charge is 0.455 e. The number of halogens is 1. The molecule has 0 aromatic heterocycles. The van der Waals surface area contributed by atoms with Crippen LogP contribution in [0.2, 0.25) is 0 Å². The van der Waals surface area contributed by atoms with E-state index in [4.69, 9.17) is 4.74 Å². The molecule has 2 aromatic carbocycles. The average molecular weight is 477 g/mol. The maximum Gasteiger partial charge on any atom is 0.309 e. The van der Waals surface area contributed by atoms with Crippen molar-refractivity contribution in [2.24, 2.45) is 5.92 Å². The molecule has 1 aliphatic rings. The molecule has 178 valence electrons. The van der Waals surface area contributed by atoms with Gasteiger partial charge in [0.05, 0.1) is 10.8 Å². The van der Waals surface area contributed by atoms with E-state index < -0.39 is 34.4 Å². The number of benzene rings is 2. The Morgan fingerprint density at radius 1 is 1.03 bits per heavy atom. The Balaban J connectivity index is 1.45. The number of carbonyl (C=O) groups excluding carboxylic acids is 2. The topological polar surface area (TPSA) is 92.8 Å². The first kappa shape index (κ1) is 24.9. The third-order valence-electron chi connectivity index (χ3n) is 5.97. The molecular weight excluding hydrogens is 447 g/mol. The summed E-state index contributed by atoms with van der Waals surface area (Å²) in [7, 11) is -3.63. The van der Waals surface area contributed by atoms with E-state index in [1.807, 2.05) is 13.8 Å². The predicted molar refractivity (Wildman–Crippen MR) is 121 cm³/mol. The standard InChI is InChI=1S/C24H29FN2O5S/c1-16-5-7-21(12-18(16)3)33(30,31)27-10-8-20(9-11-27)24(29)32-15-23(28)26-14-19-6-4-17(2)22(25)13-19/h4-7,12-13,20H,8-11,14-15H2,1-3H3,(H,26,28). The number of rotatable bonds is 7. The van der Waals surface area contributed by atoms with Crippen LogP contribution in [-0.2, 0) is 30.9 Å². The lowest BCUT2D eigenvalue weighted by Gasteiger charge is -2.30. The lowest BCUT2D eigenvalue weighted by atomic mass is 9.98. The van der Waals surface area contributed by atoms with E-state index >= 15 is 0 Å². The number of hydrogen-bond donors (Lipinski definition) is 1. The van der Waals surface area contributed by atoms with E-state index in [-0.39, 0.29) is 30.3 Å². The van der Waals surface area contributed by atoms with Crippen molar-refractivity contribution in [3.63, 3.8) is 0 Å². The Morgan fingerprint density at radius 3 is 2.33 bits per heavy atom. The van der Waals surface area contributed by atoms with Crippen molar-refractivity contribution in [2.75, 3.05) is 19.7 Å². The number of sulfonamides is 1. The van der Waals surface area contributed by atoms with Crippen LogP contribution in [0.3, 0.4) is 0 Å². The number of nitrogens with zero attached hydrogens (tertiary/aromatic N) is 1. The molecule has 0 spiro atoms. The van der Waals surface area contributed by atoms with E-state index in [1.165, 1.54) is 10.4 Å². The fraction of sp³-hybridized carbons (Fsp3) is 0.417. The molecule has 33 heavy (non-hydrogen) atoms. The van der Waals surface area contributed by atoms with Crippen LogP contribution >= 0.6 is 0 Å². The maximum absolute atomic E-state index is 13.6.